The van der Waals surface area contributed by atoms with Crippen molar-refractivity contribution in [3.8, 4) is 0 Å². The first-order valence-electron chi connectivity index (χ1n) is 6.17. The van der Waals surface area contributed by atoms with Gasteiger partial charge in [-0.2, -0.15) is 0 Å². The van der Waals surface area contributed by atoms with Gasteiger partial charge in [0.15, 0.2) is 0 Å². The molecule has 2 atom stereocenters. The van der Waals surface area contributed by atoms with Crippen molar-refractivity contribution in [2.75, 3.05) is 0 Å². The second-order valence-corrected chi connectivity index (χ2v) is 5.80. The maximum absolute atomic E-state index is 6.38. The lowest BCUT2D eigenvalue weighted by molar-refractivity contribution is 0.461. The Morgan fingerprint density at radius 2 is 2.41 bits per heavy atom. The molecule has 2 N–H and O–H groups in total. The summed E-state index contributed by atoms with van der Waals surface area (Å²) in [5.41, 5.74) is 9.08. The Morgan fingerprint density at radius 1 is 1.47 bits per heavy atom. The third-order valence-electron chi connectivity index (χ3n) is 3.67. The van der Waals surface area contributed by atoms with E-state index < -0.39 is 0 Å². The lowest BCUT2D eigenvalue weighted by Crippen LogP contribution is -2.32. The van der Waals surface area contributed by atoms with Crippen LogP contribution in [0, 0.1) is 0 Å². The van der Waals surface area contributed by atoms with E-state index in [2.05, 4.69) is 11.4 Å². The van der Waals surface area contributed by atoms with E-state index in [-0.39, 0.29) is 6.04 Å². The van der Waals surface area contributed by atoms with Crippen molar-refractivity contribution in [3.63, 3.8) is 0 Å². The minimum absolute atomic E-state index is 0.209. The number of hydrogen-bond acceptors (Lipinski definition) is 3. The van der Waals surface area contributed by atoms with E-state index >= 15 is 0 Å². The summed E-state index contributed by atoms with van der Waals surface area (Å²) in [5.74, 6) is 0.528. The van der Waals surface area contributed by atoms with Gasteiger partial charge in [-0.1, -0.05) is 0 Å². The summed E-state index contributed by atoms with van der Waals surface area (Å²) in [7, 11) is 0. The fourth-order valence-electron chi connectivity index (χ4n) is 2.79. The number of furan rings is 1. The molecule has 0 fully saturated rings. The number of hydrogen-bond donors (Lipinski definition) is 1. The van der Waals surface area contributed by atoms with Gasteiger partial charge in [0.05, 0.1) is 12.5 Å². The van der Waals surface area contributed by atoms with Crippen molar-refractivity contribution >= 4 is 11.3 Å². The van der Waals surface area contributed by atoms with E-state index in [4.69, 9.17) is 10.2 Å². The average molecular weight is 247 g/mol. The second kappa shape index (κ2) is 4.67. The minimum atomic E-state index is 0.209. The zero-order valence-electron chi connectivity index (χ0n) is 9.76. The summed E-state index contributed by atoms with van der Waals surface area (Å²) in [6.45, 7) is 0. The highest BCUT2D eigenvalue weighted by Crippen LogP contribution is 2.37. The fraction of sp³-hybridized carbons (Fsp3) is 0.429. The predicted octanol–water partition coefficient (Wildman–Crippen LogP) is 3.33. The second-order valence-electron chi connectivity index (χ2n) is 4.80. The molecule has 2 aromatic heterocycles. The van der Waals surface area contributed by atoms with Gasteiger partial charge in [0, 0.05) is 16.8 Å². The highest BCUT2D eigenvalue weighted by molar-refractivity contribution is 7.10. The normalized spacial score (nSPS) is 21.1. The van der Waals surface area contributed by atoms with Crippen LogP contribution >= 0.6 is 11.3 Å². The molecule has 17 heavy (non-hydrogen) atoms. The van der Waals surface area contributed by atoms with Crippen LogP contribution in [0.5, 0.6) is 0 Å². The molecule has 0 bridgehead atoms. The summed E-state index contributed by atoms with van der Waals surface area (Å²) >= 11 is 1.88. The molecular weight excluding hydrogens is 230 g/mol. The lowest BCUT2D eigenvalue weighted by atomic mass is 9.81. The lowest BCUT2D eigenvalue weighted by Gasteiger charge is -2.27. The van der Waals surface area contributed by atoms with E-state index in [0.29, 0.717) is 5.92 Å². The number of aryl methyl sites for hydroxylation is 1. The van der Waals surface area contributed by atoms with Crippen molar-refractivity contribution in [3.05, 3.63) is 46.0 Å². The van der Waals surface area contributed by atoms with Crippen LogP contribution in [0.3, 0.4) is 0 Å². The highest BCUT2D eigenvalue weighted by atomic mass is 32.1. The SMILES string of the molecule is NC(Cc1ccoc1)C1CCCc2sccc21. The maximum Gasteiger partial charge on any atom is 0.0935 e. The van der Waals surface area contributed by atoms with Crippen LogP contribution in [0.15, 0.2) is 34.5 Å². The van der Waals surface area contributed by atoms with Crippen LogP contribution in [-0.2, 0) is 12.8 Å². The molecule has 0 saturated heterocycles. The third kappa shape index (κ3) is 2.17. The van der Waals surface area contributed by atoms with Crippen molar-refractivity contribution in [2.24, 2.45) is 5.73 Å². The first kappa shape index (κ1) is 11.1. The van der Waals surface area contributed by atoms with E-state index in [1.807, 2.05) is 17.4 Å². The van der Waals surface area contributed by atoms with Crippen LogP contribution in [0.2, 0.25) is 0 Å². The third-order valence-corrected chi connectivity index (χ3v) is 4.66. The molecule has 1 aliphatic rings. The number of fused-ring (bicyclic) bond motifs is 1. The maximum atomic E-state index is 6.38. The monoisotopic (exact) mass is 247 g/mol. The summed E-state index contributed by atoms with van der Waals surface area (Å²) in [6.07, 6.45) is 8.18. The molecule has 0 aliphatic heterocycles. The van der Waals surface area contributed by atoms with Crippen LogP contribution in [-0.4, -0.2) is 6.04 Å². The minimum Gasteiger partial charge on any atom is -0.472 e. The molecule has 0 radical (unpaired) electrons. The van der Waals surface area contributed by atoms with Gasteiger partial charge in [0.25, 0.3) is 0 Å². The Bertz CT molecular complexity index is 474. The predicted molar refractivity (Wildman–Crippen MR) is 70.4 cm³/mol. The largest absolute Gasteiger partial charge is 0.472 e. The molecule has 3 rings (SSSR count). The van der Waals surface area contributed by atoms with Crippen LogP contribution in [0.25, 0.3) is 0 Å². The Balaban J connectivity index is 1.77. The molecule has 3 heteroatoms. The Kier molecular flexibility index (Phi) is 3.04. The summed E-state index contributed by atoms with van der Waals surface area (Å²) in [5, 5.41) is 2.20. The van der Waals surface area contributed by atoms with Crippen LogP contribution in [0.4, 0.5) is 0 Å². The fourth-order valence-corrected chi connectivity index (χ4v) is 3.79. The van der Waals surface area contributed by atoms with Gasteiger partial charge in [-0.15, -0.1) is 11.3 Å². The molecule has 2 aromatic rings. The van der Waals surface area contributed by atoms with Gasteiger partial charge >= 0.3 is 0 Å². The van der Waals surface area contributed by atoms with Crippen molar-refractivity contribution in [2.45, 2.75) is 37.6 Å². The molecule has 2 nitrogen and oxygen atoms in total. The zero-order chi connectivity index (χ0) is 11.7. The van der Waals surface area contributed by atoms with E-state index in [1.54, 1.807) is 17.4 Å². The molecule has 1 aliphatic carbocycles. The van der Waals surface area contributed by atoms with Crippen LogP contribution in [0.1, 0.15) is 34.8 Å². The molecule has 0 spiro atoms. The van der Waals surface area contributed by atoms with Gasteiger partial charge in [0.1, 0.15) is 0 Å². The van der Waals surface area contributed by atoms with E-state index in [0.717, 1.165) is 6.42 Å². The van der Waals surface area contributed by atoms with Gasteiger partial charge in [-0.25, -0.2) is 0 Å². The number of thiophene rings is 1. The molecule has 0 aromatic carbocycles. The Labute approximate surface area is 105 Å². The quantitative estimate of drug-likeness (QED) is 0.903. The van der Waals surface area contributed by atoms with Crippen LogP contribution < -0.4 is 5.73 Å². The standard InChI is InChI=1S/C14H17NOS/c15-13(8-10-4-6-16-9-10)11-2-1-3-14-12(11)5-7-17-14/h4-7,9,11,13H,1-3,8,15H2. The van der Waals surface area contributed by atoms with Gasteiger partial charge in [0.2, 0.25) is 0 Å². The van der Waals surface area contributed by atoms with E-state index in [1.165, 1.54) is 30.4 Å². The number of rotatable bonds is 3. The van der Waals surface area contributed by atoms with Crippen molar-refractivity contribution in [1.29, 1.82) is 0 Å². The first-order valence-corrected chi connectivity index (χ1v) is 7.05. The average Bonchev–Trinajstić information content (AvgIpc) is 2.97. The number of nitrogens with two attached hydrogens (primary N) is 1. The van der Waals surface area contributed by atoms with Crippen molar-refractivity contribution in [1.82, 2.24) is 0 Å². The molecule has 0 amide bonds. The van der Waals surface area contributed by atoms with E-state index in [9.17, 15) is 0 Å². The zero-order valence-corrected chi connectivity index (χ0v) is 10.6. The first-order chi connectivity index (χ1) is 8.34. The summed E-state index contributed by atoms with van der Waals surface area (Å²) < 4.78 is 5.10. The Morgan fingerprint density at radius 3 is 3.24 bits per heavy atom. The van der Waals surface area contributed by atoms with Gasteiger partial charge in [-0.05, 0) is 54.3 Å². The summed E-state index contributed by atoms with van der Waals surface area (Å²) in [6, 6.07) is 4.48. The molecular formula is C14H17NOS. The highest BCUT2D eigenvalue weighted by Gasteiger charge is 2.26. The molecule has 2 unspecified atom stereocenters. The molecule has 90 valence electrons. The smallest absolute Gasteiger partial charge is 0.0935 e. The topological polar surface area (TPSA) is 39.2 Å². The van der Waals surface area contributed by atoms with Gasteiger partial charge < -0.3 is 10.2 Å². The Hall–Kier alpha value is -1.06. The van der Waals surface area contributed by atoms with Crippen molar-refractivity contribution < 1.29 is 4.42 Å². The summed E-state index contributed by atoms with van der Waals surface area (Å²) in [4.78, 5) is 1.55. The van der Waals surface area contributed by atoms with Gasteiger partial charge in [-0.3, -0.25) is 0 Å². The molecule has 2 heterocycles. The molecule has 0 saturated carbocycles.